The highest BCUT2D eigenvalue weighted by Gasteiger charge is 2.18. The quantitative estimate of drug-likeness (QED) is 0.624. The van der Waals surface area contributed by atoms with Crippen molar-refractivity contribution in [2.24, 2.45) is 0 Å². The molecule has 0 aliphatic carbocycles. The van der Waals surface area contributed by atoms with Crippen LogP contribution >= 0.6 is 0 Å². The summed E-state index contributed by atoms with van der Waals surface area (Å²) in [5.74, 6) is 2.05. The molecule has 2 nitrogen and oxygen atoms in total. The molecule has 0 radical (unpaired) electrons. The number of rotatable bonds is 3. The van der Waals surface area contributed by atoms with Crippen LogP contribution in [-0.4, -0.2) is 13.7 Å². The second-order valence-corrected chi connectivity index (χ2v) is 2.63. The maximum atomic E-state index is 5.12. The van der Waals surface area contributed by atoms with E-state index in [1.165, 1.54) is 5.56 Å². The van der Waals surface area contributed by atoms with Crippen LogP contribution in [0.15, 0.2) is 18.2 Å². The van der Waals surface area contributed by atoms with E-state index in [1.54, 1.807) is 7.11 Å². The Kier molecular flexibility index (Phi) is 1.55. The third kappa shape index (κ3) is 1.35. The molecule has 0 spiro atoms. The molecular weight excluding hydrogens is 140 g/mol. The van der Waals surface area contributed by atoms with E-state index in [0.29, 0.717) is 0 Å². The van der Waals surface area contributed by atoms with Crippen LogP contribution in [-0.2, 0) is 11.2 Å². The summed E-state index contributed by atoms with van der Waals surface area (Å²) in [5.41, 5.74) is 1.28. The lowest BCUT2D eigenvalue weighted by atomic mass is 10.2. The van der Waals surface area contributed by atoms with Crippen molar-refractivity contribution in [1.29, 1.82) is 0 Å². The van der Waals surface area contributed by atoms with Crippen LogP contribution < -0.4 is 4.74 Å². The Hall–Kier alpha value is -1.02. The molecule has 0 saturated carbocycles. The summed E-state index contributed by atoms with van der Waals surface area (Å²) in [6, 6.07) is 6.14. The molecule has 1 heterocycles. The molecule has 1 aromatic rings. The van der Waals surface area contributed by atoms with Gasteiger partial charge in [0.1, 0.15) is 0 Å². The van der Waals surface area contributed by atoms with Crippen LogP contribution in [0.1, 0.15) is 5.56 Å². The summed E-state index contributed by atoms with van der Waals surface area (Å²) in [5, 5.41) is 0. The molecule has 0 amide bonds. The Morgan fingerprint density at radius 3 is 3.00 bits per heavy atom. The van der Waals surface area contributed by atoms with Gasteiger partial charge >= 0.3 is 0 Å². The Morgan fingerprint density at radius 1 is 1.36 bits per heavy atom. The van der Waals surface area contributed by atoms with Crippen LogP contribution in [0.2, 0.25) is 0 Å². The minimum absolute atomic E-state index is 0.777. The summed E-state index contributed by atoms with van der Waals surface area (Å²) in [7, 11) is 1.71. The van der Waals surface area contributed by atoms with Crippen molar-refractivity contribution < 1.29 is 9.47 Å². The number of methoxy groups -OCH3 is 1. The van der Waals surface area contributed by atoms with Gasteiger partial charge in [0.25, 0.3) is 0 Å². The fourth-order valence-corrected chi connectivity index (χ4v) is 1.08. The molecule has 2 rings (SSSR count). The van der Waals surface area contributed by atoms with Gasteiger partial charge in [-0.1, -0.05) is 6.07 Å². The molecule has 1 aliphatic heterocycles. The summed E-state index contributed by atoms with van der Waals surface area (Å²) < 4.78 is 10.1. The molecule has 0 bridgehead atoms. The highest BCUT2D eigenvalue weighted by molar-refractivity contribution is 5.55. The molecule has 1 aromatic carbocycles. The monoisotopic (exact) mass is 150 g/mol. The fourth-order valence-electron chi connectivity index (χ4n) is 1.08. The average Bonchev–Trinajstić information content (AvgIpc) is 2.78. The van der Waals surface area contributed by atoms with E-state index >= 15 is 0 Å². The Bertz CT molecular complexity index is 268. The summed E-state index contributed by atoms with van der Waals surface area (Å²) in [6.45, 7) is 0.777. The Labute approximate surface area is 65.7 Å². The lowest BCUT2D eigenvalue weighted by Crippen LogP contribution is -1.92. The van der Waals surface area contributed by atoms with Gasteiger partial charge < -0.3 is 9.47 Å². The van der Waals surface area contributed by atoms with Crippen LogP contribution in [0, 0.1) is 0 Å². The smallest absolute Gasteiger partial charge is 0.170 e. The molecule has 58 valence electrons. The van der Waals surface area contributed by atoms with Crippen molar-refractivity contribution in [3.05, 3.63) is 23.8 Å². The zero-order valence-corrected chi connectivity index (χ0v) is 6.46. The van der Waals surface area contributed by atoms with Crippen molar-refractivity contribution in [2.75, 3.05) is 13.7 Å². The highest BCUT2D eigenvalue weighted by Crippen LogP contribution is 2.45. The predicted octanol–water partition coefficient (Wildman–Crippen LogP) is 1.98. The van der Waals surface area contributed by atoms with Gasteiger partial charge in [-0.25, -0.2) is 0 Å². The number of hydrogen-bond donors (Lipinski definition) is 0. The van der Waals surface area contributed by atoms with E-state index in [2.05, 4.69) is 12.1 Å². The second-order valence-electron chi connectivity index (χ2n) is 2.63. The van der Waals surface area contributed by atoms with Crippen molar-refractivity contribution >= 4 is 0 Å². The van der Waals surface area contributed by atoms with E-state index < -0.39 is 0 Å². The number of hydrogen-bond acceptors (Lipinski definition) is 2. The van der Waals surface area contributed by atoms with Crippen molar-refractivity contribution in [1.82, 2.24) is 0 Å². The largest absolute Gasteiger partial charge is 0.450 e. The van der Waals surface area contributed by atoms with E-state index in [1.807, 2.05) is 6.07 Å². The first kappa shape index (κ1) is 6.68. The average molecular weight is 150 g/mol. The minimum Gasteiger partial charge on any atom is -0.450 e. The molecule has 1 aliphatic rings. The normalized spacial score (nSPS) is 12.1. The standard InChI is InChI=1S/C9H10O2/c1-10-5-4-7-2-3-8-9(6-7)11-8/h2-3,6H,4-5H2,1H3. The van der Waals surface area contributed by atoms with Crippen molar-refractivity contribution in [2.45, 2.75) is 6.42 Å². The van der Waals surface area contributed by atoms with Gasteiger partial charge in [-0.3, -0.25) is 0 Å². The van der Waals surface area contributed by atoms with Gasteiger partial charge in [-0.15, -0.1) is 0 Å². The zero-order chi connectivity index (χ0) is 7.68. The lowest BCUT2D eigenvalue weighted by molar-refractivity contribution is 0.202. The molecule has 0 saturated heterocycles. The molecule has 0 unspecified atom stereocenters. The first-order chi connectivity index (χ1) is 5.40. The third-order valence-corrected chi connectivity index (χ3v) is 1.78. The van der Waals surface area contributed by atoms with Crippen molar-refractivity contribution in [3.63, 3.8) is 0 Å². The van der Waals surface area contributed by atoms with Crippen molar-refractivity contribution in [3.8, 4) is 11.5 Å². The van der Waals surface area contributed by atoms with Crippen LogP contribution in [0.4, 0.5) is 0 Å². The second kappa shape index (κ2) is 2.55. The molecule has 0 aromatic heterocycles. The van der Waals surface area contributed by atoms with Crippen LogP contribution in [0.5, 0.6) is 11.5 Å². The van der Waals surface area contributed by atoms with Crippen LogP contribution in [0.3, 0.4) is 0 Å². The fraction of sp³-hybridized carbons (Fsp3) is 0.333. The van der Waals surface area contributed by atoms with Gasteiger partial charge in [0.2, 0.25) is 0 Å². The summed E-state index contributed by atoms with van der Waals surface area (Å²) in [4.78, 5) is 0. The first-order valence-electron chi connectivity index (χ1n) is 3.70. The first-order valence-corrected chi connectivity index (χ1v) is 3.70. The van der Waals surface area contributed by atoms with Gasteiger partial charge in [0.05, 0.1) is 6.61 Å². The topological polar surface area (TPSA) is 21.8 Å². The van der Waals surface area contributed by atoms with E-state index in [-0.39, 0.29) is 0 Å². The lowest BCUT2D eigenvalue weighted by Gasteiger charge is -1.95. The number of benzene rings is 1. The number of ether oxygens (including phenoxy) is 2. The van der Waals surface area contributed by atoms with E-state index in [0.717, 1.165) is 24.5 Å². The van der Waals surface area contributed by atoms with E-state index in [4.69, 9.17) is 9.47 Å². The van der Waals surface area contributed by atoms with E-state index in [9.17, 15) is 0 Å². The summed E-state index contributed by atoms with van der Waals surface area (Å²) >= 11 is 0. The highest BCUT2D eigenvalue weighted by atomic mass is 16.6. The SMILES string of the molecule is COCCc1ccc2c(c1)O2. The maximum absolute atomic E-state index is 5.12. The number of fused-ring (bicyclic) bond motifs is 1. The van der Waals surface area contributed by atoms with Crippen LogP contribution in [0.25, 0.3) is 0 Å². The molecule has 2 heteroatoms. The molecule has 0 atom stereocenters. The Balaban J connectivity index is 2.03. The molecule has 0 fully saturated rings. The zero-order valence-electron chi connectivity index (χ0n) is 6.46. The third-order valence-electron chi connectivity index (χ3n) is 1.78. The van der Waals surface area contributed by atoms with Gasteiger partial charge in [-0.05, 0) is 24.1 Å². The molecular formula is C9H10O2. The molecule has 11 heavy (non-hydrogen) atoms. The maximum Gasteiger partial charge on any atom is 0.170 e. The Morgan fingerprint density at radius 2 is 2.27 bits per heavy atom. The minimum atomic E-state index is 0.777. The molecule has 0 N–H and O–H groups in total. The van der Waals surface area contributed by atoms with Gasteiger partial charge in [-0.2, -0.15) is 0 Å². The predicted molar refractivity (Wildman–Crippen MR) is 42.1 cm³/mol. The van der Waals surface area contributed by atoms with Gasteiger partial charge in [0.15, 0.2) is 11.5 Å². The van der Waals surface area contributed by atoms with Gasteiger partial charge in [0, 0.05) is 7.11 Å². The summed E-state index contributed by atoms with van der Waals surface area (Å²) in [6.07, 6.45) is 0.965.